The van der Waals surface area contributed by atoms with Crippen molar-refractivity contribution in [1.29, 1.82) is 0 Å². The van der Waals surface area contributed by atoms with Gasteiger partial charge in [0, 0.05) is 19.0 Å². The molecule has 0 aliphatic carbocycles. The van der Waals surface area contributed by atoms with Gasteiger partial charge in [-0.3, -0.25) is 5.43 Å². The summed E-state index contributed by atoms with van der Waals surface area (Å²) in [4.78, 5) is 0. The van der Waals surface area contributed by atoms with E-state index >= 15 is 0 Å². The molecule has 1 aliphatic heterocycles. The van der Waals surface area contributed by atoms with Crippen LogP contribution < -0.4 is 16.2 Å². The van der Waals surface area contributed by atoms with Crippen LogP contribution in [-0.2, 0) is 6.42 Å². The first-order valence-electron chi connectivity index (χ1n) is 7.71. The van der Waals surface area contributed by atoms with Gasteiger partial charge in [0.05, 0.1) is 6.04 Å². The van der Waals surface area contributed by atoms with Crippen molar-refractivity contribution >= 4 is 0 Å². The molecule has 1 fully saturated rings. The lowest BCUT2D eigenvalue weighted by Gasteiger charge is -2.19. The third kappa shape index (κ3) is 3.91. The SMILES string of the molecule is c1ccc(CCNCC2CNNC2c2ccccc2)cc1. The Labute approximate surface area is 126 Å². The summed E-state index contributed by atoms with van der Waals surface area (Å²) >= 11 is 0. The third-order valence-corrected chi connectivity index (χ3v) is 4.09. The third-order valence-electron chi connectivity index (χ3n) is 4.09. The number of hydrazine groups is 1. The summed E-state index contributed by atoms with van der Waals surface area (Å²) in [5.74, 6) is 0.586. The van der Waals surface area contributed by atoms with Crippen LogP contribution in [-0.4, -0.2) is 19.6 Å². The quantitative estimate of drug-likeness (QED) is 0.711. The molecule has 0 amide bonds. The van der Waals surface area contributed by atoms with Crippen LogP contribution in [0.5, 0.6) is 0 Å². The minimum absolute atomic E-state index is 0.399. The molecule has 21 heavy (non-hydrogen) atoms. The maximum atomic E-state index is 3.60. The van der Waals surface area contributed by atoms with Crippen LogP contribution >= 0.6 is 0 Å². The first kappa shape index (κ1) is 14.3. The maximum absolute atomic E-state index is 3.60. The summed E-state index contributed by atoms with van der Waals surface area (Å²) in [5.41, 5.74) is 9.44. The molecule has 1 saturated heterocycles. The second-order valence-electron chi connectivity index (χ2n) is 5.61. The number of nitrogens with one attached hydrogen (secondary N) is 3. The highest BCUT2D eigenvalue weighted by molar-refractivity contribution is 5.20. The van der Waals surface area contributed by atoms with Crippen molar-refractivity contribution in [2.75, 3.05) is 19.6 Å². The molecule has 0 saturated carbocycles. The molecule has 0 spiro atoms. The van der Waals surface area contributed by atoms with Gasteiger partial charge < -0.3 is 5.32 Å². The van der Waals surface area contributed by atoms with E-state index in [-0.39, 0.29) is 0 Å². The summed E-state index contributed by atoms with van der Waals surface area (Å²) in [7, 11) is 0. The fraction of sp³-hybridized carbons (Fsp3) is 0.333. The van der Waals surface area contributed by atoms with E-state index in [4.69, 9.17) is 0 Å². The number of hydrogen-bond donors (Lipinski definition) is 3. The Morgan fingerprint density at radius 2 is 1.67 bits per heavy atom. The largest absolute Gasteiger partial charge is 0.316 e. The van der Waals surface area contributed by atoms with E-state index < -0.39 is 0 Å². The number of benzene rings is 2. The molecule has 2 atom stereocenters. The minimum atomic E-state index is 0.399. The van der Waals surface area contributed by atoms with E-state index in [2.05, 4.69) is 76.8 Å². The molecule has 2 aromatic carbocycles. The molecule has 110 valence electrons. The predicted octanol–water partition coefficient (Wildman–Crippen LogP) is 2.28. The van der Waals surface area contributed by atoms with Gasteiger partial charge in [-0.1, -0.05) is 60.7 Å². The highest BCUT2D eigenvalue weighted by Gasteiger charge is 2.27. The van der Waals surface area contributed by atoms with Crippen molar-refractivity contribution in [2.45, 2.75) is 12.5 Å². The van der Waals surface area contributed by atoms with Crippen molar-refractivity contribution in [3.63, 3.8) is 0 Å². The summed E-state index contributed by atoms with van der Waals surface area (Å²) < 4.78 is 0. The van der Waals surface area contributed by atoms with Crippen LogP contribution in [0, 0.1) is 5.92 Å². The Kier molecular flexibility index (Phi) is 5.00. The van der Waals surface area contributed by atoms with E-state index in [1.807, 2.05) is 0 Å². The van der Waals surface area contributed by atoms with Crippen molar-refractivity contribution in [2.24, 2.45) is 5.92 Å². The fourth-order valence-electron chi connectivity index (χ4n) is 2.91. The summed E-state index contributed by atoms with van der Waals surface area (Å²) in [6.07, 6.45) is 1.09. The summed E-state index contributed by atoms with van der Waals surface area (Å²) in [6, 6.07) is 21.7. The zero-order valence-electron chi connectivity index (χ0n) is 12.3. The Hall–Kier alpha value is -1.68. The lowest BCUT2D eigenvalue weighted by Crippen LogP contribution is -2.29. The fourth-order valence-corrected chi connectivity index (χ4v) is 2.91. The van der Waals surface area contributed by atoms with Crippen LogP contribution in [0.4, 0.5) is 0 Å². The highest BCUT2D eigenvalue weighted by Crippen LogP contribution is 2.23. The molecule has 3 rings (SSSR count). The predicted molar refractivity (Wildman–Crippen MR) is 86.8 cm³/mol. The lowest BCUT2D eigenvalue weighted by molar-refractivity contribution is 0.443. The monoisotopic (exact) mass is 281 g/mol. The van der Waals surface area contributed by atoms with E-state index in [1.165, 1.54) is 11.1 Å². The molecule has 3 heteroatoms. The van der Waals surface area contributed by atoms with Crippen LogP contribution in [0.15, 0.2) is 60.7 Å². The van der Waals surface area contributed by atoms with Crippen molar-refractivity contribution in [3.8, 4) is 0 Å². The van der Waals surface area contributed by atoms with E-state index in [1.54, 1.807) is 0 Å². The lowest BCUT2D eigenvalue weighted by atomic mass is 9.95. The van der Waals surface area contributed by atoms with Gasteiger partial charge in [-0.25, -0.2) is 5.43 Å². The standard InChI is InChI=1S/C18H23N3/c1-3-7-15(8-4-1)11-12-19-13-17-14-20-21-18(17)16-9-5-2-6-10-16/h1-10,17-21H,11-14H2. The zero-order valence-corrected chi connectivity index (χ0v) is 12.3. The molecule has 1 aliphatic rings. The Bertz CT molecular complexity index is 527. The number of hydrogen-bond acceptors (Lipinski definition) is 3. The molecule has 2 aromatic rings. The normalized spacial score (nSPS) is 21.5. The molecular weight excluding hydrogens is 258 g/mol. The van der Waals surface area contributed by atoms with Gasteiger partial charge in [0.25, 0.3) is 0 Å². The summed E-state index contributed by atoms with van der Waals surface area (Å²) in [5, 5.41) is 3.60. The molecule has 3 N–H and O–H groups in total. The van der Waals surface area contributed by atoms with Crippen LogP contribution in [0.3, 0.4) is 0 Å². The van der Waals surface area contributed by atoms with Gasteiger partial charge in [-0.15, -0.1) is 0 Å². The molecule has 0 bridgehead atoms. The Morgan fingerprint density at radius 1 is 0.952 bits per heavy atom. The Balaban J connectivity index is 1.46. The van der Waals surface area contributed by atoms with Crippen molar-refractivity contribution in [3.05, 3.63) is 71.8 Å². The van der Waals surface area contributed by atoms with Gasteiger partial charge in [0.15, 0.2) is 0 Å². The minimum Gasteiger partial charge on any atom is -0.316 e. The first-order chi connectivity index (χ1) is 10.4. The van der Waals surface area contributed by atoms with Crippen LogP contribution in [0.1, 0.15) is 17.2 Å². The van der Waals surface area contributed by atoms with Gasteiger partial charge >= 0.3 is 0 Å². The van der Waals surface area contributed by atoms with Crippen LogP contribution in [0.25, 0.3) is 0 Å². The topological polar surface area (TPSA) is 36.1 Å². The van der Waals surface area contributed by atoms with E-state index in [0.717, 1.165) is 26.1 Å². The van der Waals surface area contributed by atoms with Crippen molar-refractivity contribution in [1.82, 2.24) is 16.2 Å². The molecular formula is C18H23N3. The first-order valence-corrected chi connectivity index (χ1v) is 7.71. The zero-order chi connectivity index (χ0) is 14.3. The summed E-state index contributed by atoms with van der Waals surface area (Å²) in [6.45, 7) is 3.08. The second-order valence-corrected chi connectivity index (χ2v) is 5.61. The average molecular weight is 281 g/mol. The average Bonchev–Trinajstić information content (AvgIpc) is 3.02. The molecule has 3 nitrogen and oxygen atoms in total. The van der Waals surface area contributed by atoms with Gasteiger partial charge in [-0.2, -0.15) is 0 Å². The van der Waals surface area contributed by atoms with E-state index in [0.29, 0.717) is 12.0 Å². The van der Waals surface area contributed by atoms with Gasteiger partial charge in [0.1, 0.15) is 0 Å². The maximum Gasteiger partial charge on any atom is 0.0515 e. The Morgan fingerprint density at radius 3 is 2.43 bits per heavy atom. The van der Waals surface area contributed by atoms with Gasteiger partial charge in [0.2, 0.25) is 0 Å². The molecule has 2 unspecified atom stereocenters. The van der Waals surface area contributed by atoms with Crippen LogP contribution in [0.2, 0.25) is 0 Å². The molecule has 0 radical (unpaired) electrons. The van der Waals surface area contributed by atoms with Gasteiger partial charge in [-0.05, 0) is 24.1 Å². The molecule has 0 aromatic heterocycles. The highest BCUT2D eigenvalue weighted by atomic mass is 15.4. The second kappa shape index (κ2) is 7.36. The van der Waals surface area contributed by atoms with E-state index in [9.17, 15) is 0 Å². The number of rotatable bonds is 6. The molecule has 1 heterocycles. The smallest absolute Gasteiger partial charge is 0.0515 e. The van der Waals surface area contributed by atoms with Crippen molar-refractivity contribution < 1.29 is 0 Å².